The molecular weight excluding hydrogens is 224 g/mol. The highest BCUT2D eigenvalue weighted by molar-refractivity contribution is 5.32. The fourth-order valence-corrected chi connectivity index (χ4v) is 2.19. The second-order valence-electron chi connectivity index (χ2n) is 4.84. The van der Waals surface area contributed by atoms with Gasteiger partial charge < -0.3 is 5.32 Å². The fourth-order valence-electron chi connectivity index (χ4n) is 2.19. The zero-order valence-corrected chi connectivity index (χ0v) is 11.4. The van der Waals surface area contributed by atoms with E-state index < -0.39 is 0 Å². The van der Waals surface area contributed by atoms with Gasteiger partial charge >= 0.3 is 0 Å². The number of aryl methyl sites for hydroxylation is 2. The Balaban J connectivity index is 2.12. The number of nitrogens with zero attached hydrogens (tertiary/aromatic N) is 2. The molecule has 0 bridgehead atoms. The van der Waals surface area contributed by atoms with E-state index in [4.69, 9.17) is 0 Å². The number of aromatic nitrogens is 3. The number of hydrogen-bond donors (Lipinski definition) is 2. The second-order valence-corrected chi connectivity index (χ2v) is 4.84. The molecule has 96 valence electrons. The molecule has 2 unspecified atom stereocenters. The lowest BCUT2D eigenvalue weighted by Gasteiger charge is -2.20. The molecule has 2 aromatic rings. The molecule has 1 heterocycles. The van der Waals surface area contributed by atoms with Crippen LogP contribution in [-0.4, -0.2) is 15.2 Å². The van der Waals surface area contributed by atoms with Crippen LogP contribution in [0.3, 0.4) is 0 Å². The molecule has 0 aliphatic carbocycles. The van der Waals surface area contributed by atoms with Gasteiger partial charge in [0.15, 0.2) is 0 Å². The average molecular weight is 244 g/mol. The van der Waals surface area contributed by atoms with Gasteiger partial charge in [0.25, 0.3) is 0 Å². The maximum absolute atomic E-state index is 4.17. The van der Waals surface area contributed by atoms with Gasteiger partial charge in [-0.1, -0.05) is 23.8 Å². The first kappa shape index (κ1) is 12.8. The Bertz CT molecular complexity index is 505. The molecule has 4 heteroatoms. The van der Waals surface area contributed by atoms with Crippen LogP contribution >= 0.6 is 0 Å². The normalized spacial score (nSPS) is 14.4. The SMILES string of the molecule is Cc1ccc(C)c(C(C)NC(C)c2ncn[nH]2)c1. The number of nitrogens with one attached hydrogen (secondary N) is 2. The molecule has 0 saturated heterocycles. The Morgan fingerprint density at radius 2 is 1.94 bits per heavy atom. The van der Waals surface area contributed by atoms with E-state index >= 15 is 0 Å². The molecule has 2 atom stereocenters. The molecule has 1 aromatic heterocycles. The summed E-state index contributed by atoms with van der Waals surface area (Å²) in [6.07, 6.45) is 1.54. The third-order valence-electron chi connectivity index (χ3n) is 3.25. The molecule has 0 amide bonds. The Morgan fingerprint density at radius 1 is 1.17 bits per heavy atom. The van der Waals surface area contributed by atoms with Gasteiger partial charge in [-0.15, -0.1) is 0 Å². The van der Waals surface area contributed by atoms with Crippen molar-refractivity contribution < 1.29 is 0 Å². The molecule has 0 aliphatic rings. The quantitative estimate of drug-likeness (QED) is 0.869. The molecule has 1 aromatic carbocycles. The lowest BCUT2D eigenvalue weighted by atomic mass is 9.99. The van der Waals surface area contributed by atoms with Crippen molar-refractivity contribution in [1.29, 1.82) is 0 Å². The summed E-state index contributed by atoms with van der Waals surface area (Å²) in [5, 5.41) is 10.3. The summed E-state index contributed by atoms with van der Waals surface area (Å²) in [4.78, 5) is 4.17. The molecule has 0 aliphatic heterocycles. The van der Waals surface area contributed by atoms with Crippen LogP contribution in [0.15, 0.2) is 24.5 Å². The predicted molar refractivity (Wildman–Crippen MR) is 72.3 cm³/mol. The second kappa shape index (κ2) is 5.31. The Morgan fingerprint density at radius 3 is 2.61 bits per heavy atom. The van der Waals surface area contributed by atoms with E-state index in [0.29, 0.717) is 0 Å². The van der Waals surface area contributed by atoms with Crippen molar-refractivity contribution in [3.8, 4) is 0 Å². The van der Waals surface area contributed by atoms with Crippen LogP contribution in [0, 0.1) is 13.8 Å². The van der Waals surface area contributed by atoms with E-state index in [1.165, 1.54) is 23.0 Å². The molecule has 0 saturated carbocycles. The van der Waals surface area contributed by atoms with Crippen molar-refractivity contribution in [1.82, 2.24) is 20.5 Å². The standard InChI is InChI=1S/C14H20N4/c1-9-5-6-10(2)13(7-9)11(3)17-12(4)14-15-8-16-18-14/h5-8,11-12,17H,1-4H3,(H,15,16,18). The van der Waals surface area contributed by atoms with Gasteiger partial charge in [0.2, 0.25) is 0 Å². The van der Waals surface area contributed by atoms with Gasteiger partial charge in [-0.3, -0.25) is 5.10 Å². The highest BCUT2D eigenvalue weighted by atomic mass is 15.2. The number of H-pyrrole nitrogens is 1. The van der Waals surface area contributed by atoms with Crippen molar-refractivity contribution in [2.75, 3.05) is 0 Å². The maximum atomic E-state index is 4.17. The highest BCUT2D eigenvalue weighted by Gasteiger charge is 2.14. The van der Waals surface area contributed by atoms with Gasteiger partial charge in [0, 0.05) is 6.04 Å². The summed E-state index contributed by atoms with van der Waals surface area (Å²) in [6, 6.07) is 6.99. The zero-order chi connectivity index (χ0) is 13.1. The molecule has 0 spiro atoms. The highest BCUT2D eigenvalue weighted by Crippen LogP contribution is 2.21. The molecule has 18 heavy (non-hydrogen) atoms. The first-order chi connectivity index (χ1) is 8.58. The van der Waals surface area contributed by atoms with Gasteiger partial charge in [-0.05, 0) is 38.8 Å². The van der Waals surface area contributed by atoms with Crippen molar-refractivity contribution in [3.63, 3.8) is 0 Å². The van der Waals surface area contributed by atoms with Crippen LogP contribution < -0.4 is 5.32 Å². The molecular formula is C14H20N4. The van der Waals surface area contributed by atoms with Crippen LogP contribution in [0.4, 0.5) is 0 Å². The van der Waals surface area contributed by atoms with Crippen molar-refractivity contribution in [2.45, 2.75) is 39.8 Å². The van der Waals surface area contributed by atoms with E-state index in [1.54, 1.807) is 0 Å². The Labute approximate surface area is 108 Å². The van der Waals surface area contributed by atoms with E-state index in [2.05, 4.69) is 66.4 Å². The number of benzene rings is 1. The molecule has 2 rings (SSSR count). The minimum atomic E-state index is 0.155. The number of rotatable bonds is 4. The van der Waals surface area contributed by atoms with Crippen LogP contribution in [-0.2, 0) is 0 Å². The van der Waals surface area contributed by atoms with Crippen LogP contribution in [0.1, 0.15) is 48.4 Å². The summed E-state index contributed by atoms with van der Waals surface area (Å²) in [5.74, 6) is 0.868. The van der Waals surface area contributed by atoms with Crippen LogP contribution in [0.5, 0.6) is 0 Å². The minimum absolute atomic E-state index is 0.155. The largest absolute Gasteiger partial charge is 0.301 e. The summed E-state index contributed by atoms with van der Waals surface area (Å²) in [7, 11) is 0. The molecule has 0 radical (unpaired) electrons. The fraction of sp³-hybridized carbons (Fsp3) is 0.429. The zero-order valence-electron chi connectivity index (χ0n) is 11.4. The Hall–Kier alpha value is -1.68. The summed E-state index contributed by atoms with van der Waals surface area (Å²) < 4.78 is 0. The Kier molecular flexibility index (Phi) is 3.77. The summed E-state index contributed by atoms with van der Waals surface area (Å²) >= 11 is 0. The smallest absolute Gasteiger partial charge is 0.141 e. The summed E-state index contributed by atoms with van der Waals surface area (Å²) in [6.45, 7) is 8.53. The topological polar surface area (TPSA) is 53.6 Å². The van der Waals surface area contributed by atoms with Crippen LogP contribution in [0.25, 0.3) is 0 Å². The lowest BCUT2D eigenvalue weighted by Crippen LogP contribution is -2.24. The predicted octanol–water partition coefficient (Wildman–Crippen LogP) is 2.83. The monoisotopic (exact) mass is 244 g/mol. The third kappa shape index (κ3) is 2.76. The van der Waals surface area contributed by atoms with Gasteiger partial charge in [0.05, 0.1) is 6.04 Å². The average Bonchev–Trinajstić information content (AvgIpc) is 2.85. The molecule has 0 fully saturated rings. The third-order valence-corrected chi connectivity index (χ3v) is 3.25. The lowest BCUT2D eigenvalue weighted by molar-refractivity contribution is 0.476. The van der Waals surface area contributed by atoms with Gasteiger partial charge in [-0.25, -0.2) is 4.98 Å². The van der Waals surface area contributed by atoms with Gasteiger partial charge in [-0.2, -0.15) is 5.10 Å². The molecule has 4 nitrogen and oxygen atoms in total. The van der Waals surface area contributed by atoms with E-state index in [-0.39, 0.29) is 12.1 Å². The number of hydrogen-bond acceptors (Lipinski definition) is 3. The van der Waals surface area contributed by atoms with E-state index in [0.717, 1.165) is 5.82 Å². The molecule has 2 N–H and O–H groups in total. The number of aromatic amines is 1. The summed E-state index contributed by atoms with van der Waals surface area (Å²) in [5.41, 5.74) is 3.93. The van der Waals surface area contributed by atoms with Crippen molar-refractivity contribution in [2.24, 2.45) is 0 Å². The first-order valence-corrected chi connectivity index (χ1v) is 6.26. The van der Waals surface area contributed by atoms with E-state index in [1.807, 2.05) is 0 Å². The van der Waals surface area contributed by atoms with Crippen molar-refractivity contribution in [3.05, 3.63) is 47.0 Å². The van der Waals surface area contributed by atoms with Crippen LogP contribution in [0.2, 0.25) is 0 Å². The van der Waals surface area contributed by atoms with Crippen molar-refractivity contribution >= 4 is 0 Å². The first-order valence-electron chi connectivity index (χ1n) is 6.26. The van der Waals surface area contributed by atoms with Gasteiger partial charge in [0.1, 0.15) is 12.2 Å². The van der Waals surface area contributed by atoms with E-state index in [9.17, 15) is 0 Å². The maximum Gasteiger partial charge on any atom is 0.141 e. The minimum Gasteiger partial charge on any atom is -0.301 e.